The summed E-state index contributed by atoms with van der Waals surface area (Å²) in [5, 5.41) is 8.93. The van der Waals surface area contributed by atoms with Gasteiger partial charge in [0.2, 0.25) is 0 Å². The van der Waals surface area contributed by atoms with Gasteiger partial charge in [0.15, 0.2) is 0 Å². The highest BCUT2D eigenvalue weighted by atomic mass is 32.2. The van der Waals surface area contributed by atoms with E-state index in [1.807, 2.05) is 36.4 Å². The minimum Gasteiger partial charge on any atom is -0.480 e. The Morgan fingerprint density at radius 3 is 2.24 bits per heavy atom. The molecular weight excluding hydrogens is 449 g/mol. The molecule has 0 aromatic heterocycles. The summed E-state index contributed by atoms with van der Waals surface area (Å²) < 4.78 is 43.8. The number of fused-ring (bicyclic) bond motifs is 1. The molecule has 172 valence electrons. The molecule has 0 saturated heterocycles. The number of rotatable bonds is 8. The van der Waals surface area contributed by atoms with Crippen LogP contribution in [-0.2, 0) is 34.3 Å². The lowest BCUT2D eigenvalue weighted by Crippen LogP contribution is -2.10. The Bertz CT molecular complexity index is 1110. The minimum absolute atomic E-state index is 0.189. The summed E-state index contributed by atoms with van der Waals surface area (Å²) in [5.41, 5.74) is 4.67. The van der Waals surface area contributed by atoms with Crippen LogP contribution in [0.15, 0.2) is 71.6 Å². The van der Waals surface area contributed by atoms with Crippen molar-refractivity contribution in [1.29, 1.82) is 0 Å². The van der Waals surface area contributed by atoms with Gasteiger partial charge in [-0.2, -0.15) is 13.2 Å². The van der Waals surface area contributed by atoms with Gasteiger partial charge in [-0.25, -0.2) is 4.79 Å². The maximum absolute atomic E-state index is 12.7. The summed E-state index contributed by atoms with van der Waals surface area (Å²) in [6.07, 6.45) is -2.27. The Labute approximate surface area is 194 Å². The van der Waals surface area contributed by atoms with Crippen LogP contribution in [0.3, 0.4) is 0 Å². The lowest BCUT2D eigenvalue weighted by molar-refractivity contribution is -0.144. The van der Waals surface area contributed by atoms with Crippen LogP contribution in [-0.4, -0.2) is 17.7 Å². The fraction of sp³-hybridized carbons (Fsp3) is 0.269. The summed E-state index contributed by atoms with van der Waals surface area (Å²) in [5.74, 6) is -0.215. The Morgan fingerprint density at radius 2 is 1.61 bits per heavy atom. The second-order valence-corrected chi connectivity index (χ2v) is 9.05. The molecule has 0 amide bonds. The zero-order valence-corrected chi connectivity index (χ0v) is 18.6. The van der Waals surface area contributed by atoms with E-state index in [9.17, 15) is 18.0 Å². The third-order valence-electron chi connectivity index (χ3n) is 5.67. The van der Waals surface area contributed by atoms with Crippen LogP contribution >= 0.6 is 11.8 Å². The van der Waals surface area contributed by atoms with Crippen molar-refractivity contribution in [2.75, 3.05) is 6.61 Å². The van der Waals surface area contributed by atoms with Gasteiger partial charge < -0.3 is 9.84 Å². The van der Waals surface area contributed by atoms with Gasteiger partial charge in [-0.3, -0.25) is 0 Å². The summed E-state index contributed by atoms with van der Waals surface area (Å²) in [7, 11) is 0. The van der Waals surface area contributed by atoms with E-state index in [-0.39, 0.29) is 12.7 Å². The summed E-state index contributed by atoms with van der Waals surface area (Å²) in [4.78, 5) is 12.0. The molecule has 4 rings (SSSR count). The molecule has 7 heteroatoms. The molecule has 3 aromatic carbocycles. The van der Waals surface area contributed by atoms with Crippen LogP contribution < -0.4 is 0 Å². The molecular formula is C26H23F3O3S. The number of hydrogen-bond acceptors (Lipinski definition) is 3. The molecule has 1 unspecified atom stereocenters. The third-order valence-corrected chi connectivity index (χ3v) is 6.81. The second-order valence-electron chi connectivity index (χ2n) is 8.04. The van der Waals surface area contributed by atoms with Gasteiger partial charge in [0, 0.05) is 10.6 Å². The van der Waals surface area contributed by atoms with Crippen molar-refractivity contribution in [3.8, 4) is 0 Å². The molecule has 3 aromatic rings. The monoisotopic (exact) mass is 472 g/mol. The average molecular weight is 473 g/mol. The predicted molar refractivity (Wildman–Crippen MR) is 121 cm³/mol. The van der Waals surface area contributed by atoms with Gasteiger partial charge in [-0.15, -0.1) is 11.8 Å². The number of carbonyl (C=O) groups is 1. The molecule has 0 bridgehead atoms. The Hall–Kier alpha value is -2.77. The van der Waals surface area contributed by atoms with Crippen molar-refractivity contribution in [3.63, 3.8) is 0 Å². The van der Waals surface area contributed by atoms with Gasteiger partial charge in [-0.1, -0.05) is 48.5 Å². The number of hydrogen-bond donors (Lipinski definition) is 1. The number of carboxylic acid groups (broad SMARTS) is 1. The molecule has 1 N–H and O–H groups in total. The minimum atomic E-state index is -4.32. The summed E-state index contributed by atoms with van der Waals surface area (Å²) in [6, 6.07) is 19.5. The van der Waals surface area contributed by atoms with E-state index in [4.69, 9.17) is 9.84 Å². The van der Waals surface area contributed by atoms with E-state index in [1.165, 1.54) is 17.7 Å². The quantitative estimate of drug-likeness (QED) is 0.372. The Balaban J connectivity index is 1.38. The van der Waals surface area contributed by atoms with Crippen LogP contribution in [0.2, 0.25) is 0 Å². The highest BCUT2D eigenvalue weighted by molar-refractivity contribution is 7.98. The number of ether oxygens (including phenoxy) is 1. The molecule has 1 aliphatic carbocycles. The van der Waals surface area contributed by atoms with Crippen LogP contribution in [0.4, 0.5) is 13.2 Å². The molecule has 0 radical (unpaired) electrons. The third kappa shape index (κ3) is 5.97. The van der Waals surface area contributed by atoms with Gasteiger partial charge in [-0.05, 0) is 65.3 Å². The number of thioether (sulfide) groups is 1. The van der Waals surface area contributed by atoms with Gasteiger partial charge in [0.25, 0.3) is 0 Å². The van der Waals surface area contributed by atoms with E-state index in [1.54, 1.807) is 11.8 Å². The van der Waals surface area contributed by atoms with Crippen LogP contribution in [0, 0.1) is 0 Å². The van der Waals surface area contributed by atoms with E-state index >= 15 is 0 Å². The lowest BCUT2D eigenvalue weighted by atomic mass is 10.0. The largest absolute Gasteiger partial charge is 0.480 e. The van der Waals surface area contributed by atoms with Crippen molar-refractivity contribution in [2.45, 2.75) is 42.2 Å². The van der Waals surface area contributed by atoms with E-state index in [2.05, 4.69) is 6.07 Å². The molecule has 33 heavy (non-hydrogen) atoms. The molecule has 0 spiro atoms. The SMILES string of the molecule is O=C(O)COC1CCc2cccc(SCc3ccc(Cc4ccc(C(F)(F)F)cc4)cc3)c21. The first kappa shape index (κ1) is 23.4. The zero-order valence-electron chi connectivity index (χ0n) is 17.8. The number of benzene rings is 3. The van der Waals surface area contributed by atoms with E-state index < -0.39 is 17.7 Å². The van der Waals surface area contributed by atoms with Crippen molar-refractivity contribution in [2.24, 2.45) is 0 Å². The van der Waals surface area contributed by atoms with Crippen molar-refractivity contribution in [1.82, 2.24) is 0 Å². The number of carboxylic acids is 1. The first-order valence-corrected chi connectivity index (χ1v) is 11.6. The molecule has 0 saturated carbocycles. The Kier molecular flexibility index (Phi) is 7.10. The second kappa shape index (κ2) is 10.0. The highest BCUT2D eigenvalue weighted by Crippen LogP contribution is 2.41. The summed E-state index contributed by atoms with van der Waals surface area (Å²) >= 11 is 1.70. The molecule has 0 aliphatic heterocycles. The van der Waals surface area contributed by atoms with Crippen molar-refractivity contribution < 1.29 is 27.8 Å². The van der Waals surface area contributed by atoms with Crippen molar-refractivity contribution >= 4 is 17.7 Å². The molecule has 1 atom stereocenters. The lowest BCUT2D eigenvalue weighted by Gasteiger charge is -2.16. The molecule has 0 fully saturated rings. The van der Waals surface area contributed by atoms with Gasteiger partial charge >= 0.3 is 12.1 Å². The molecule has 1 aliphatic rings. The highest BCUT2D eigenvalue weighted by Gasteiger charge is 2.30. The molecule has 3 nitrogen and oxygen atoms in total. The number of alkyl halides is 3. The van der Waals surface area contributed by atoms with Crippen LogP contribution in [0.1, 0.15) is 45.9 Å². The van der Waals surface area contributed by atoms with Crippen LogP contribution in [0.5, 0.6) is 0 Å². The van der Waals surface area contributed by atoms with E-state index in [0.29, 0.717) is 6.42 Å². The zero-order chi connectivity index (χ0) is 23.4. The number of halogens is 3. The number of aryl methyl sites for hydroxylation is 1. The predicted octanol–water partition coefficient (Wildman–Crippen LogP) is 6.68. The fourth-order valence-corrected chi connectivity index (χ4v) is 5.14. The van der Waals surface area contributed by atoms with E-state index in [0.717, 1.165) is 57.9 Å². The van der Waals surface area contributed by atoms with Gasteiger partial charge in [0.1, 0.15) is 6.61 Å². The van der Waals surface area contributed by atoms with Crippen molar-refractivity contribution in [3.05, 3.63) is 100 Å². The van der Waals surface area contributed by atoms with Gasteiger partial charge in [0.05, 0.1) is 11.7 Å². The Morgan fingerprint density at radius 1 is 0.970 bits per heavy atom. The first-order valence-electron chi connectivity index (χ1n) is 10.6. The fourth-order valence-electron chi connectivity index (χ4n) is 4.03. The molecule has 0 heterocycles. The first-order chi connectivity index (χ1) is 15.8. The standard InChI is InChI=1S/C26H23F3O3S/c27-26(28,29)21-11-8-18(9-12-21)14-17-4-6-19(7-5-17)16-33-23-3-1-2-20-10-13-22(25(20)23)32-15-24(30)31/h1-9,11-12,22H,10,13-16H2,(H,30,31). The average Bonchev–Trinajstić information content (AvgIpc) is 3.21. The maximum atomic E-state index is 12.7. The van der Waals surface area contributed by atoms with Crippen LogP contribution in [0.25, 0.3) is 0 Å². The topological polar surface area (TPSA) is 46.5 Å². The maximum Gasteiger partial charge on any atom is 0.416 e. The smallest absolute Gasteiger partial charge is 0.416 e. The normalized spacial score (nSPS) is 15.4. The number of aliphatic carboxylic acids is 1. The summed E-state index contributed by atoms with van der Waals surface area (Å²) in [6.45, 7) is -0.302.